The molecule has 2 N–H and O–H groups in total. The number of fused-ring (bicyclic) bond motifs is 1. The van der Waals surface area contributed by atoms with Gasteiger partial charge >= 0.3 is 0 Å². The molecule has 1 spiro atoms. The number of ether oxygens (including phenoxy) is 3. The quantitative estimate of drug-likeness (QED) is 0.464. The summed E-state index contributed by atoms with van der Waals surface area (Å²) < 4.78 is 16.9. The second-order valence-electron chi connectivity index (χ2n) is 8.97. The van der Waals surface area contributed by atoms with Crippen molar-refractivity contribution in [1.29, 1.82) is 0 Å². The third kappa shape index (κ3) is 3.29. The maximum Gasteiger partial charge on any atom is 0.236 e. The number of carbonyl (C=O) groups is 3. The molecule has 3 aliphatic rings. The van der Waals surface area contributed by atoms with E-state index in [1.807, 2.05) is 0 Å². The number of amides is 1. The molecule has 0 radical (unpaired) electrons. The molecule has 2 heterocycles. The van der Waals surface area contributed by atoms with Crippen molar-refractivity contribution in [2.45, 2.75) is 31.3 Å². The van der Waals surface area contributed by atoms with E-state index in [4.69, 9.17) is 25.8 Å². The fourth-order valence-corrected chi connectivity index (χ4v) is 5.60. The Hall–Kier alpha value is -3.60. The van der Waals surface area contributed by atoms with Crippen LogP contribution < -0.4 is 24.8 Å². The lowest BCUT2D eigenvalue weighted by Gasteiger charge is -2.41. The maximum atomic E-state index is 14.3. The van der Waals surface area contributed by atoms with Crippen LogP contribution in [-0.4, -0.2) is 42.5 Å². The van der Waals surface area contributed by atoms with Crippen LogP contribution in [0.25, 0.3) is 0 Å². The smallest absolute Gasteiger partial charge is 0.236 e. The summed E-state index contributed by atoms with van der Waals surface area (Å²) in [6.45, 7) is 1.69. The molecule has 1 unspecified atom stereocenters. The lowest BCUT2D eigenvalue weighted by molar-refractivity contribution is -0.131. The first-order valence-corrected chi connectivity index (χ1v) is 11.5. The van der Waals surface area contributed by atoms with Gasteiger partial charge in [0.1, 0.15) is 22.1 Å². The van der Waals surface area contributed by atoms with Gasteiger partial charge in [0.2, 0.25) is 23.1 Å². The number of nitrogens with zero attached hydrogens (tertiary/aromatic N) is 1. The van der Waals surface area contributed by atoms with E-state index < -0.39 is 29.0 Å². The average Bonchev–Trinajstić information content (AvgIpc) is 3.17. The van der Waals surface area contributed by atoms with Crippen molar-refractivity contribution in [3.63, 3.8) is 0 Å². The first-order valence-electron chi connectivity index (χ1n) is 11.2. The number of hydrogen-bond donors (Lipinski definition) is 2. The van der Waals surface area contributed by atoms with Crippen molar-refractivity contribution in [2.75, 3.05) is 19.4 Å². The zero-order valence-electron chi connectivity index (χ0n) is 19.6. The number of halogens is 1. The number of benzene rings is 2. The summed E-state index contributed by atoms with van der Waals surface area (Å²) >= 11 is 6.48. The highest BCUT2D eigenvalue weighted by Crippen LogP contribution is 2.55. The lowest BCUT2D eigenvalue weighted by atomic mass is 9.66. The monoisotopic (exact) mass is 513 g/mol. The van der Waals surface area contributed by atoms with Crippen LogP contribution >= 0.6 is 11.6 Å². The van der Waals surface area contributed by atoms with E-state index in [0.717, 1.165) is 0 Å². The summed E-state index contributed by atoms with van der Waals surface area (Å²) in [4.78, 5) is 40.8. The van der Waals surface area contributed by atoms with E-state index in [1.54, 1.807) is 13.0 Å². The number of allylic oxidation sites excluding steroid dienone is 1. The molecular formula is C25H22ClN2O8-. The maximum absolute atomic E-state index is 14.3. The highest BCUT2D eigenvalue weighted by molar-refractivity contribution is 6.36. The first kappa shape index (κ1) is 24.1. The van der Waals surface area contributed by atoms with Crippen LogP contribution in [0.5, 0.6) is 17.2 Å². The summed E-state index contributed by atoms with van der Waals surface area (Å²) in [5.74, 6) is -2.54. The molecule has 11 heteroatoms. The van der Waals surface area contributed by atoms with Crippen LogP contribution in [0, 0.1) is 11.1 Å². The van der Waals surface area contributed by atoms with Crippen molar-refractivity contribution < 1.29 is 33.8 Å². The molecule has 5 rings (SSSR count). The minimum Gasteiger partial charge on any atom is -0.733 e. The molecule has 1 aliphatic carbocycles. The van der Waals surface area contributed by atoms with Crippen molar-refractivity contribution in [3.05, 3.63) is 63.0 Å². The standard InChI is InChI=1S/C25H22ClN2O8/c1-11-7-15-19(14(9-18(29)27-15)12-5-4-6-13(8-12)28(32)33)23(30)25(11)24(31)20-16(34-2)10-17(35-3)21(26)22(20)36-25/h4-6,8,10-11,14,32H,7,9H2,1-3H3,(H,27,29)/q-1/t11-,14?,25+/m1/s1. The van der Waals surface area contributed by atoms with Crippen LogP contribution in [0.4, 0.5) is 5.69 Å². The normalized spacial score (nSPS) is 24.8. The number of ketones is 2. The van der Waals surface area contributed by atoms with Gasteiger partial charge in [-0.15, -0.1) is 0 Å². The van der Waals surface area contributed by atoms with Gasteiger partial charge in [-0.25, -0.2) is 0 Å². The van der Waals surface area contributed by atoms with Crippen molar-refractivity contribution in [2.24, 2.45) is 5.92 Å². The number of hydrogen-bond acceptors (Lipinski definition) is 9. The molecule has 0 saturated carbocycles. The summed E-state index contributed by atoms with van der Waals surface area (Å²) in [6.07, 6.45) is 0.0787. The third-order valence-electron chi connectivity index (χ3n) is 7.05. The Morgan fingerprint density at radius 3 is 2.53 bits per heavy atom. The summed E-state index contributed by atoms with van der Waals surface area (Å²) in [5.41, 5.74) is -0.865. The van der Waals surface area contributed by atoms with E-state index in [0.29, 0.717) is 11.3 Å². The van der Waals surface area contributed by atoms with Crippen LogP contribution in [0.15, 0.2) is 41.6 Å². The van der Waals surface area contributed by atoms with Gasteiger partial charge in [0.25, 0.3) is 0 Å². The predicted octanol–water partition coefficient (Wildman–Crippen LogP) is 3.53. The van der Waals surface area contributed by atoms with Gasteiger partial charge in [0.15, 0.2) is 5.75 Å². The summed E-state index contributed by atoms with van der Waals surface area (Å²) in [5, 5.41) is 23.3. The number of rotatable bonds is 4. The van der Waals surface area contributed by atoms with E-state index in [2.05, 4.69) is 5.32 Å². The highest BCUT2D eigenvalue weighted by Gasteiger charge is 2.63. The molecule has 3 atom stereocenters. The zero-order valence-corrected chi connectivity index (χ0v) is 20.3. The zero-order chi connectivity index (χ0) is 25.9. The second kappa shape index (κ2) is 8.51. The Balaban J connectivity index is 1.66. The highest BCUT2D eigenvalue weighted by atomic mass is 35.5. The van der Waals surface area contributed by atoms with E-state index in [-0.39, 0.29) is 63.1 Å². The molecule has 0 aromatic heterocycles. The Morgan fingerprint density at radius 1 is 1.14 bits per heavy atom. The number of Topliss-reactive ketones (excluding diaryl/α,β-unsaturated/α-hetero) is 2. The van der Waals surface area contributed by atoms with E-state index in [1.165, 1.54) is 38.5 Å². The van der Waals surface area contributed by atoms with Gasteiger partial charge in [0.05, 0.1) is 19.9 Å². The summed E-state index contributed by atoms with van der Waals surface area (Å²) in [6, 6.07) is 7.44. The molecule has 0 bridgehead atoms. The summed E-state index contributed by atoms with van der Waals surface area (Å²) in [7, 11) is 2.79. The lowest BCUT2D eigenvalue weighted by Crippen LogP contribution is -2.59. The van der Waals surface area contributed by atoms with Crippen LogP contribution in [0.3, 0.4) is 0 Å². The fraction of sp³-hybridized carbons (Fsp3) is 0.320. The number of nitrogens with one attached hydrogen (secondary N) is 1. The van der Waals surface area contributed by atoms with Crippen molar-refractivity contribution in [3.8, 4) is 17.2 Å². The molecule has 0 saturated heterocycles. The molecule has 188 valence electrons. The molecule has 2 aromatic carbocycles. The average molecular weight is 514 g/mol. The second-order valence-corrected chi connectivity index (χ2v) is 9.34. The van der Waals surface area contributed by atoms with Gasteiger partial charge in [-0.2, -0.15) is 0 Å². The molecule has 0 fully saturated rings. The SMILES string of the molecule is COc1cc(OC)c2c(c1Cl)O[C@@]1(C(=O)C3=C(C[C@H]1C)NC(=O)CC3c1cccc(N([O-])O)c1)C2=O. The molecule has 10 nitrogen and oxygen atoms in total. The number of anilines is 1. The Bertz CT molecular complexity index is 1350. The van der Waals surface area contributed by atoms with Crippen LogP contribution in [0.1, 0.15) is 41.6 Å². The van der Waals surface area contributed by atoms with E-state index >= 15 is 0 Å². The minimum absolute atomic E-state index is 0.00258. The van der Waals surface area contributed by atoms with E-state index in [9.17, 15) is 24.8 Å². The Morgan fingerprint density at radius 2 is 1.86 bits per heavy atom. The Kier molecular flexibility index (Phi) is 5.70. The number of methoxy groups -OCH3 is 2. The largest absolute Gasteiger partial charge is 0.733 e. The Labute approximate surface area is 210 Å². The number of carbonyl (C=O) groups excluding carboxylic acids is 3. The van der Waals surface area contributed by atoms with Gasteiger partial charge in [-0.1, -0.05) is 30.7 Å². The van der Waals surface area contributed by atoms with Crippen LogP contribution in [-0.2, 0) is 9.59 Å². The molecule has 36 heavy (non-hydrogen) atoms. The van der Waals surface area contributed by atoms with Crippen molar-refractivity contribution >= 4 is 34.8 Å². The minimum atomic E-state index is -1.93. The first-order chi connectivity index (χ1) is 17.1. The van der Waals surface area contributed by atoms with Gasteiger partial charge in [0, 0.05) is 35.6 Å². The molecule has 2 aromatic rings. The topological polar surface area (TPSA) is 137 Å². The predicted molar refractivity (Wildman–Crippen MR) is 128 cm³/mol. The van der Waals surface area contributed by atoms with Gasteiger partial charge in [-0.3, -0.25) is 19.6 Å². The van der Waals surface area contributed by atoms with Crippen molar-refractivity contribution in [1.82, 2.24) is 5.32 Å². The van der Waals surface area contributed by atoms with Gasteiger partial charge < -0.3 is 30.0 Å². The fourth-order valence-electron chi connectivity index (χ4n) is 5.33. The van der Waals surface area contributed by atoms with Gasteiger partial charge in [-0.05, 0) is 24.1 Å². The molecule has 2 aliphatic heterocycles. The molecule has 1 amide bonds. The third-order valence-corrected chi connectivity index (χ3v) is 7.41. The van der Waals surface area contributed by atoms with Crippen LogP contribution in [0.2, 0.25) is 5.02 Å². The molecular weight excluding hydrogens is 492 g/mol.